The standard InChI is InChI=1S/C35H45ClF2N6O/c36-27-8-6-25(7-9-27)20-33(44(29-12-10-28(39)11-13-29)30-14-15-31(37)32(38)21-30)34(45)42-18-16-35(17-19-42,22-43-24-40-23-41-43)26-4-2-1-3-5-26/h6-9,14-15,21,23-24,26,28-29,33H,1-5,10-13,16-20,22,39H2/t28-,29+,33-/m1/s1. The third-order valence-electron chi connectivity index (χ3n) is 10.8. The van der Waals surface area contributed by atoms with Crippen LogP contribution in [0.25, 0.3) is 0 Å². The molecule has 2 heterocycles. The van der Waals surface area contributed by atoms with Crippen molar-refractivity contribution in [2.75, 3.05) is 18.0 Å². The molecule has 1 aromatic heterocycles. The van der Waals surface area contributed by atoms with Gasteiger partial charge in [-0.2, -0.15) is 5.10 Å². The minimum atomic E-state index is -0.911. The van der Waals surface area contributed by atoms with Crippen LogP contribution in [0.2, 0.25) is 5.02 Å². The van der Waals surface area contributed by atoms with Crippen molar-refractivity contribution in [1.82, 2.24) is 19.7 Å². The fourth-order valence-corrected chi connectivity index (χ4v) is 8.38. The first kappa shape index (κ1) is 31.9. The zero-order chi connectivity index (χ0) is 31.4. The number of hydrogen-bond acceptors (Lipinski definition) is 5. The van der Waals surface area contributed by atoms with Gasteiger partial charge in [0.25, 0.3) is 0 Å². The van der Waals surface area contributed by atoms with E-state index < -0.39 is 17.7 Å². The van der Waals surface area contributed by atoms with E-state index in [4.69, 9.17) is 17.3 Å². The van der Waals surface area contributed by atoms with Crippen molar-refractivity contribution >= 4 is 23.2 Å². The van der Waals surface area contributed by atoms with Gasteiger partial charge in [-0.15, -0.1) is 0 Å². The number of nitrogens with two attached hydrogens (primary N) is 1. The highest BCUT2D eigenvalue weighted by atomic mass is 35.5. The highest BCUT2D eigenvalue weighted by Gasteiger charge is 2.45. The van der Waals surface area contributed by atoms with Gasteiger partial charge >= 0.3 is 0 Å². The Bertz CT molecular complexity index is 1400. The maximum absolute atomic E-state index is 14.8. The van der Waals surface area contributed by atoms with E-state index in [1.165, 1.54) is 44.2 Å². The fourth-order valence-electron chi connectivity index (χ4n) is 8.25. The Balaban J connectivity index is 1.31. The van der Waals surface area contributed by atoms with E-state index in [1.807, 2.05) is 33.8 Å². The number of carbonyl (C=O) groups excluding carboxylic acids is 1. The summed E-state index contributed by atoms with van der Waals surface area (Å²) in [6.07, 6.45) is 15.1. The number of benzene rings is 2. The van der Waals surface area contributed by atoms with E-state index >= 15 is 0 Å². The Hall–Kier alpha value is -3.04. The quantitative estimate of drug-likeness (QED) is 0.279. The number of nitrogens with zero attached hydrogens (tertiary/aromatic N) is 5. The van der Waals surface area contributed by atoms with Gasteiger partial charge in [-0.3, -0.25) is 9.48 Å². The van der Waals surface area contributed by atoms with E-state index in [9.17, 15) is 13.6 Å². The third kappa shape index (κ3) is 7.35. The number of hydrogen-bond donors (Lipinski definition) is 1. The molecule has 10 heteroatoms. The summed E-state index contributed by atoms with van der Waals surface area (Å²) in [6, 6.07) is 11.1. The van der Waals surface area contributed by atoms with Crippen molar-refractivity contribution in [2.45, 2.75) is 102 Å². The molecule has 0 unspecified atom stereocenters. The molecule has 3 aromatic rings. The number of amides is 1. The van der Waals surface area contributed by atoms with Crippen molar-refractivity contribution in [3.8, 4) is 0 Å². The molecule has 6 rings (SSSR count). The molecular weight excluding hydrogens is 594 g/mol. The Kier molecular flexibility index (Phi) is 10.0. The lowest BCUT2D eigenvalue weighted by molar-refractivity contribution is -0.136. The number of anilines is 1. The molecule has 1 atom stereocenters. The van der Waals surface area contributed by atoms with Gasteiger partial charge in [-0.1, -0.05) is 43.0 Å². The number of rotatable bonds is 9. The summed E-state index contributed by atoms with van der Waals surface area (Å²) in [7, 11) is 0. The van der Waals surface area contributed by atoms with Gasteiger partial charge < -0.3 is 15.5 Å². The summed E-state index contributed by atoms with van der Waals surface area (Å²) in [5, 5.41) is 5.08. The van der Waals surface area contributed by atoms with Crippen LogP contribution in [0, 0.1) is 23.0 Å². The molecule has 1 saturated heterocycles. The van der Waals surface area contributed by atoms with Gasteiger partial charge in [-0.25, -0.2) is 13.8 Å². The van der Waals surface area contributed by atoms with Gasteiger partial charge in [0.2, 0.25) is 5.91 Å². The number of likely N-dealkylation sites (tertiary alicyclic amines) is 1. The van der Waals surface area contributed by atoms with Crippen LogP contribution >= 0.6 is 11.6 Å². The van der Waals surface area contributed by atoms with Crippen LogP contribution in [0.1, 0.15) is 76.2 Å². The number of halogens is 3. The third-order valence-corrected chi connectivity index (χ3v) is 11.0. The van der Waals surface area contributed by atoms with Gasteiger partial charge in [0.05, 0.1) is 0 Å². The maximum Gasteiger partial charge on any atom is 0.245 e. The lowest BCUT2D eigenvalue weighted by Gasteiger charge is -2.49. The fraction of sp³-hybridized carbons (Fsp3) is 0.571. The van der Waals surface area contributed by atoms with E-state index in [0.29, 0.717) is 36.1 Å². The summed E-state index contributed by atoms with van der Waals surface area (Å²) in [5.74, 6) is -1.18. The molecule has 2 N–H and O–H groups in total. The van der Waals surface area contributed by atoms with Gasteiger partial charge in [-0.05, 0) is 92.5 Å². The van der Waals surface area contributed by atoms with Crippen molar-refractivity contribution in [1.29, 1.82) is 0 Å². The molecule has 0 radical (unpaired) electrons. The number of aromatic nitrogens is 3. The molecule has 3 aliphatic rings. The van der Waals surface area contributed by atoms with E-state index in [2.05, 4.69) is 15.0 Å². The Morgan fingerprint density at radius 1 is 0.978 bits per heavy atom. The Morgan fingerprint density at radius 2 is 1.69 bits per heavy atom. The van der Waals surface area contributed by atoms with Crippen LogP contribution in [-0.2, 0) is 17.8 Å². The van der Waals surface area contributed by atoms with E-state index in [-0.39, 0.29) is 23.4 Å². The molecule has 0 bridgehead atoms. The lowest BCUT2D eigenvalue weighted by atomic mass is 9.63. The normalized spacial score (nSPS) is 23.1. The molecule has 1 amide bonds. The predicted octanol–water partition coefficient (Wildman–Crippen LogP) is 6.79. The topological polar surface area (TPSA) is 80.3 Å². The minimum absolute atomic E-state index is 0.0191. The molecule has 2 aliphatic carbocycles. The molecule has 45 heavy (non-hydrogen) atoms. The summed E-state index contributed by atoms with van der Waals surface area (Å²) >= 11 is 6.22. The molecule has 2 aromatic carbocycles. The van der Waals surface area contributed by atoms with Crippen LogP contribution in [0.15, 0.2) is 55.1 Å². The van der Waals surface area contributed by atoms with E-state index in [1.54, 1.807) is 18.7 Å². The second-order valence-corrected chi connectivity index (χ2v) is 14.0. The van der Waals surface area contributed by atoms with Crippen LogP contribution in [0.3, 0.4) is 0 Å². The Labute approximate surface area is 270 Å². The summed E-state index contributed by atoms with van der Waals surface area (Å²) in [5.41, 5.74) is 7.84. The monoisotopic (exact) mass is 638 g/mol. The predicted molar refractivity (Wildman–Crippen MR) is 173 cm³/mol. The van der Waals surface area contributed by atoms with Gasteiger partial charge in [0.15, 0.2) is 11.6 Å². The molecule has 2 saturated carbocycles. The first-order chi connectivity index (χ1) is 21.8. The highest BCUT2D eigenvalue weighted by molar-refractivity contribution is 6.30. The largest absolute Gasteiger partial charge is 0.356 e. The first-order valence-corrected chi connectivity index (χ1v) is 17.0. The summed E-state index contributed by atoms with van der Waals surface area (Å²) in [6.45, 7) is 2.13. The van der Waals surface area contributed by atoms with Crippen molar-refractivity contribution in [3.63, 3.8) is 0 Å². The average molecular weight is 639 g/mol. The molecule has 0 spiro atoms. The molecule has 3 fully saturated rings. The second kappa shape index (κ2) is 14.2. The maximum atomic E-state index is 14.8. The zero-order valence-corrected chi connectivity index (χ0v) is 26.7. The minimum Gasteiger partial charge on any atom is -0.356 e. The van der Waals surface area contributed by atoms with Crippen LogP contribution in [0.4, 0.5) is 14.5 Å². The van der Waals surface area contributed by atoms with E-state index in [0.717, 1.165) is 50.6 Å². The van der Waals surface area contributed by atoms with Crippen LogP contribution in [-0.4, -0.2) is 56.8 Å². The van der Waals surface area contributed by atoms with Gasteiger partial charge in [0.1, 0.15) is 18.7 Å². The average Bonchev–Trinajstić information content (AvgIpc) is 3.57. The van der Waals surface area contributed by atoms with Crippen LogP contribution in [0.5, 0.6) is 0 Å². The van der Waals surface area contributed by atoms with Crippen molar-refractivity contribution in [3.05, 3.63) is 77.3 Å². The molecule has 7 nitrogen and oxygen atoms in total. The van der Waals surface area contributed by atoms with Crippen molar-refractivity contribution in [2.24, 2.45) is 17.1 Å². The highest BCUT2D eigenvalue weighted by Crippen LogP contribution is 2.47. The smallest absolute Gasteiger partial charge is 0.245 e. The first-order valence-electron chi connectivity index (χ1n) is 16.7. The van der Waals surface area contributed by atoms with Crippen molar-refractivity contribution < 1.29 is 13.6 Å². The summed E-state index contributed by atoms with van der Waals surface area (Å²) < 4.78 is 30.8. The summed E-state index contributed by atoms with van der Waals surface area (Å²) in [4.78, 5) is 23.1. The van der Waals surface area contributed by atoms with Gasteiger partial charge in [0, 0.05) is 54.9 Å². The molecule has 242 valence electrons. The second-order valence-electron chi connectivity index (χ2n) is 13.5. The lowest BCUT2D eigenvalue weighted by Crippen LogP contribution is -2.57. The van der Waals surface area contributed by atoms with Crippen LogP contribution < -0.4 is 10.6 Å². The number of piperidine rings is 1. The Morgan fingerprint density at radius 3 is 2.33 bits per heavy atom. The molecule has 1 aliphatic heterocycles. The number of carbonyl (C=O) groups is 1. The molecular formula is C35H45ClF2N6O. The SMILES string of the molecule is N[C@H]1CC[C@@H](N(c2ccc(F)c(F)c2)[C@H](Cc2ccc(Cl)cc2)C(=O)N2CCC(Cn3cncn3)(C3CCCCC3)CC2)CC1. The zero-order valence-electron chi connectivity index (χ0n) is 26.0.